The van der Waals surface area contributed by atoms with E-state index in [-0.39, 0.29) is 5.60 Å². The lowest BCUT2D eigenvalue weighted by Crippen LogP contribution is -2.23. The van der Waals surface area contributed by atoms with Gasteiger partial charge in [-0.05, 0) is 70.1 Å². The fraction of sp³-hybridized carbons (Fsp3) is 0.867. The van der Waals surface area contributed by atoms with E-state index < -0.39 is 0 Å². The topological polar surface area (TPSA) is 20.2 Å². The second-order valence-electron chi connectivity index (χ2n) is 6.61. The van der Waals surface area contributed by atoms with Crippen molar-refractivity contribution in [2.75, 3.05) is 0 Å². The van der Waals surface area contributed by atoms with Crippen LogP contribution in [0.25, 0.3) is 0 Å². The van der Waals surface area contributed by atoms with Gasteiger partial charge in [0.2, 0.25) is 0 Å². The Morgan fingerprint density at radius 2 is 2.12 bits per heavy atom. The maximum atomic E-state index is 10.2. The molecule has 2 fully saturated rings. The molecular formula is C15H26O. The lowest BCUT2D eigenvalue weighted by atomic mass is 9.84. The zero-order chi connectivity index (χ0) is 12.0. The molecule has 0 aromatic rings. The SMILES string of the molecule is CC(C)=CCCC(C)[C@]12CC[C@@](C)(O)[C@H]1C2. The predicted octanol–water partition coefficient (Wildman–Crippen LogP) is 3.92. The molecule has 2 aliphatic rings. The average Bonchev–Trinajstić information content (AvgIpc) is 2.85. The molecule has 0 amide bonds. The van der Waals surface area contributed by atoms with Gasteiger partial charge in [0.15, 0.2) is 0 Å². The van der Waals surface area contributed by atoms with Gasteiger partial charge in [0.05, 0.1) is 5.60 Å². The summed E-state index contributed by atoms with van der Waals surface area (Å²) in [5, 5.41) is 10.2. The fourth-order valence-corrected chi connectivity index (χ4v) is 3.80. The number of allylic oxidation sites excluding steroid dienone is 2. The van der Waals surface area contributed by atoms with Crippen molar-refractivity contribution in [3.8, 4) is 0 Å². The van der Waals surface area contributed by atoms with E-state index in [1.54, 1.807) is 0 Å². The second kappa shape index (κ2) is 3.87. The molecule has 0 saturated heterocycles. The molecule has 2 aliphatic carbocycles. The first kappa shape index (κ1) is 12.2. The van der Waals surface area contributed by atoms with Crippen molar-refractivity contribution in [1.29, 1.82) is 0 Å². The Morgan fingerprint density at radius 1 is 1.44 bits per heavy atom. The van der Waals surface area contributed by atoms with Crippen LogP contribution in [0.1, 0.15) is 59.8 Å². The lowest BCUT2D eigenvalue weighted by molar-refractivity contribution is 0.0423. The first-order valence-corrected chi connectivity index (χ1v) is 6.74. The van der Waals surface area contributed by atoms with E-state index in [1.165, 1.54) is 31.3 Å². The Bertz CT molecular complexity index is 299. The Hall–Kier alpha value is -0.300. The van der Waals surface area contributed by atoms with Gasteiger partial charge in [-0.2, -0.15) is 0 Å². The van der Waals surface area contributed by atoms with Crippen molar-refractivity contribution in [2.24, 2.45) is 17.3 Å². The third kappa shape index (κ3) is 1.95. The number of aliphatic hydroxyl groups is 1. The highest BCUT2D eigenvalue weighted by Gasteiger charge is 2.67. The fourth-order valence-electron chi connectivity index (χ4n) is 3.80. The van der Waals surface area contributed by atoms with Crippen LogP contribution in [0.15, 0.2) is 11.6 Å². The zero-order valence-corrected chi connectivity index (χ0v) is 11.2. The minimum Gasteiger partial charge on any atom is -0.390 e. The van der Waals surface area contributed by atoms with Crippen molar-refractivity contribution in [1.82, 2.24) is 0 Å². The summed E-state index contributed by atoms with van der Waals surface area (Å²) < 4.78 is 0. The molecule has 2 rings (SSSR count). The average molecular weight is 222 g/mol. The molecule has 0 bridgehead atoms. The molecule has 1 heteroatoms. The quantitative estimate of drug-likeness (QED) is 0.715. The van der Waals surface area contributed by atoms with Gasteiger partial charge in [0.1, 0.15) is 0 Å². The van der Waals surface area contributed by atoms with Crippen LogP contribution in [-0.4, -0.2) is 10.7 Å². The van der Waals surface area contributed by atoms with E-state index in [9.17, 15) is 5.11 Å². The molecule has 92 valence electrons. The summed E-state index contributed by atoms with van der Waals surface area (Å²) in [6.45, 7) is 8.77. The Labute approximate surface area is 99.9 Å². The first-order valence-electron chi connectivity index (χ1n) is 6.74. The molecule has 2 saturated carbocycles. The Morgan fingerprint density at radius 3 is 2.56 bits per heavy atom. The number of fused-ring (bicyclic) bond motifs is 1. The Balaban J connectivity index is 1.88. The minimum atomic E-state index is -0.356. The van der Waals surface area contributed by atoms with Gasteiger partial charge in [-0.3, -0.25) is 0 Å². The third-order valence-electron chi connectivity index (χ3n) is 5.10. The molecule has 4 atom stereocenters. The molecule has 0 spiro atoms. The maximum absolute atomic E-state index is 10.2. The van der Waals surface area contributed by atoms with Gasteiger partial charge >= 0.3 is 0 Å². The van der Waals surface area contributed by atoms with Gasteiger partial charge in [0, 0.05) is 0 Å². The number of rotatable bonds is 4. The molecule has 1 nitrogen and oxygen atoms in total. The van der Waals surface area contributed by atoms with Crippen molar-refractivity contribution in [3.63, 3.8) is 0 Å². The highest BCUT2D eigenvalue weighted by atomic mass is 16.3. The molecular weight excluding hydrogens is 196 g/mol. The van der Waals surface area contributed by atoms with Crippen LogP contribution < -0.4 is 0 Å². The molecule has 0 radical (unpaired) electrons. The summed E-state index contributed by atoms with van der Waals surface area (Å²) in [5.41, 5.74) is 1.58. The molecule has 16 heavy (non-hydrogen) atoms. The standard InChI is InChI=1S/C15H26O/c1-11(2)6-5-7-12(3)15-9-8-14(4,16)13(15)10-15/h6,12-13,16H,5,7-10H2,1-4H3/t12?,13-,14-,15-/m1/s1. The lowest BCUT2D eigenvalue weighted by Gasteiger charge is -2.21. The smallest absolute Gasteiger partial charge is 0.0653 e. The van der Waals surface area contributed by atoms with E-state index >= 15 is 0 Å². The van der Waals surface area contributed by atoms with Gasteiger partial charge < -0.3 is 5.11 Å². The summed E-state index contributed by atoms with van der Waals surface area (Å²) in [6.07, 6.45) is 8.39. The monoisotopic (exact) mass is 222 g/mol. The van der Waals surface area contributed by atoms with Crippen molar-refractivity contribution < 1.29 is 5.11 Å². The van der Waals surface area contributed by atoms with Crippen LogP contribution in [0.5, 0.6) is 0 Å². The molecule has 1 N–H and O–H groups in total. The van der Waals surface area contributed by atoms with Crippen LogP contribution in [0.3, 0.4) is 0 Å². The van der Waals surface area contributed by atoms with Crippen LogP contribution in [0.2, 0.25) is 0 Å². The van der Waals surface area contributed by atoms with E-state index in [1.807, 2.05) is 6.92 Å². The summed E-state index contributed by atoms with van der Waals surface area (Å²) >= 11 is 0. The van der Waals surface area contributed by atoms with Crippen LogP contribution >= 0.6 is 0 Å². The van der Waals surface area contributed by atoms with Crippen LogP contribution in [0, 0.1) is 17.3 Å². The first-order chi connectivity index (χ1) is 7.38. The van der Waals surface area contributed by atoms with Crippen LogP contribution in [-0.2, 0) is 0 Å². The molecule has 0 aliphatic heterocycles. The van der Waals surface area contributed by atoms with Crippen molar-refractivity contribution >= 4 is 0 Å². The van der Waals surface area contributed by atoms with Gasteiger partial charge in [-0.15, -0.1) is 0 Å². The molecule has 0 aromatic heterocycles. The van der Waals surface area contributed by atoms with Crippen LogP contribution in [0.4, 0.5) is 0 Å². The second-order valence-corrected chi connectivity index (χ2v) is 6.61. The molecule has 1 unspecified atom stereocenters. The summed E-state index contributed by atoms with van der Waals surface area (Å²) in [4.78, 5) is 0. The normalized spacial score (nSPS) is 42.7. The third-order valence-corrected chi connectivity index (χ3v) is 5.10. The maximum Gasteiger partial charge on any atom is 0.0653 e. The summed E-state index contributed by atoms with van der Waals surface area (Å²) in [5.74, 6) is 1.38. The zero-order valence-electron chi connectivity index (χ0n) is 11.2. The predicted molar refractivity (Wildman–Crippen MR) is 68.2 cm³/mol. The van der Waals surface area contributed by atoms with Crippen molar-refractivity contribution in [2.45, 2.75) is 65.4 Å². The summed E-state index contributed by atoms with van der Waals surface area (Å²) in [6, 6.07) is 0. The molecule has 0 heterocycles. The minimum absolute atomic E-state index is 0.356. The Kier molecular flexibility index (Phi) is 2.94. The highest BCUT2D eigenvalue weighted by molar-refractivity contribution is 5.17. The van der Waals surface area contributed by atoms with E-state index in [0.717, 1.165) is 12.3 Å². The highest BCUT2D eigenvalue weighted by Crippen LogP contribution is 2.71. The van der Waals surface area contributed by atoms with Gasteiger partial charge in [-0.1, -0.05) is 18.6 Å². The van der Waals surface area contributed by atoms with E-state index in [0.29, 0.717) is 11.3 Å². The number of hydrogen-bond acceptors (Lipinski definition) is 1. The van der Waals surface area contributed by atoms with E-state index in [2.05, 4.69) is 26.8 Å². The van der Waals surface area contributed by atoms with Gasteiger partial charge in [0.25, 0.3) is 0 Å². The van der Waals surface area contributed by atoms with Crippen molar-refractivity contribution in [3.05, 3.63) is 11.6 Å². The number of hydrogen-bond donors (Lipinski definition) is 1. The largest absolute Gasteiger partial charge is 0.390 e. The summed E-state index contributed by atoms with van der Waals surface area (Å²) in [7, 11) is 0. The van der Waals surface area contributed by atoms with E-state index in [4.69, 9.17) is 0 Å². The molecule has 0 aromatic carbocycles. The van der Waals surface area contributed by atoms with Gasteiger partial charge in [-0.25, -0.2) is 0 Å².